The van der Waals surface area contributed by atoms with Gasteiger partial charge in [-0.25, -0.2) is 0 Å². The number of amides is 1. The van der Waals surface area contributed by atoms with Crippen LogP contribution in [0.1, 0.15) is 51.9 Å². The molecule has 0 bridgehead atoms. The number of likely N-dealkylation sites (N-methyl/N-ethyl adjacent to an activating group) is 1. The minimum atomic E-state index is -0.843. The van der Waals surface area contributed by atoms with Gasteiger partial charge >= 0.3 is 5.97 Å². The van der Waals surface area contributed by atoms with Gasteiger partial charge in [0.25, 0.3) is 0 Å². The van der Waals surface area contributed by atoms with E-state index in [0.29, 0.717) is 32.2 Å². The van der Waals surface area contributed by atoms with Crippen molar-refractivity contribution in [3.8, 4) is 0 Å². The predicted molar refractivity (Wildman–Crippen MR) is 96.4 cm³/mol. The van der Waals surface area contributed by atoms with Crippen LogP contribution < -0.4 is 0 Å². The molecule has 0 aromatic heterocycles. The van der Waals surface area contributed by atoms with Crippen LogP contribution in [0.5, 0.6) is 0 Å². The van der Waals surface area contributed by atoms with E-state index in [-0.39, 0.29) is 24.5 Å². The van der Waals surface area contributed by atoms with Gasteiger partial charge < -0.3 is 14.7 Å². The highest BCUT2D eigenvalue weighted by molar-refractivity contribution is 5.79. The number of nitrogens with zero attached hydrogens (tertiary/aromatic N) is 2. The molecule has 6 nitrogen and oxygen atoms in total. The van der Waals surface area contributed by atoms with Crippen molar-refractivity contribution in [2.24, 2.45) is 11.8 Å². The van der Waals surface area contributed by atoms with Crippen molar-refractivity contribution < 1.29 is 19.4 Å². The van der Waals surface area contributed by atoms with Crippen LogP contribution in [0.25, 0.3) is 0 Å². The first-order chi connectivity index (χ1) is 12.0. The molecule has 6 heteroatoms. The molecule has 0 aromatic carbocycles. The number of hydrogen-bond donors (Lipinski definition) is 1. The lowest BCUT2D eigenvalue weighted by Crippen LogP contribution is -2.51. The fourth-order valence-electron chi connectivity index (χ4n) is 4.20. The average Bonchev–Trinajstić information content (AvgIpc) is 2.59. The fourth-order valence-corrected chi connectivity index (χ4v) is 4.20. The third-order valence-corrected chi connectivity index (χ3v) is 5.56. The molecule has 0 radical (unpaired) electrons. The maximum Gasteiger partial charge on any atom is 0.317 e. The fraction of sp³-hybridized carbons (Fsp3) is 0.895. The van der Waals surface area contributed by atoms with Gasteiger partial charge in [0.1, 0.15) is 0 Å². The van der Waals surface area contributed by atoms with E-state index < -0.39 is 5.97 Å². The number of rotatable bonds is 8. The maximum atomic E-state index is 13.0. The number of carboxylic acid groups (broad SMARTS) is 1. The van der Waals surface area contributed by atoms with E-state index in [9.17, 15) is 9.59 Å². The number of carbonyl (C=O) groups is 2. The number of ether oxygens (including phenoxy) is 1. The van der Waals surface area contributed by atoms with Crippen LogP contribution in [-0.4, -0.2) is 72.7 Å². The standard InChI is InChI=1S/C19H34N2O4/c1-3-16(11-15-7-5-4-6-8-15)19(24)21-9-10-25-17(13-21)12-20(2)14-18(22)23/h15-17H,3-14H2,1-2H3,(H,22,23). The van der Waals surface area contributed by atoms with E-state index in [1.165, 1.54) is 32.1 Å². The Bertz CT molecular complexity index is 437. The van der Waals surface area contributed by atoms with Crippen LogP contribution in [0.4, 0.5) is 0 Å². The van der Waals surface area contributed by atoms with Crippen LogP contribution in [0.15, 0.2) is 0 Å². The molecule has 1 aliphatic heterocycles. The summed E-state index contributed by atoms with van der Waals surface area (Å²) in [5, 5.41) is 8.87. The Morgan fingerprint density at radius 3 is 2.64 bits per heavy atom. The highest BCUT2D eigenvalue weighted by Gasteiger charge is 2.31. The second-order valence-electron chi connectivity index (χ2n) is 7.71. The Hall–Kier alpha value is -1.14. The van der Waals surface area contributed by atoms with E-state index in [4.69, 9.17) is 9.84 Å². The Morgan fingerprint density at radius 2 is 2.00 bits per heavy atom. The summed E-state index contributed by atoms with van der Waals surface area (Å²) < 4.78 is 5.75. The van der Waals surface area contributed by atoms with Crippen molar-refractivity contribution in [3.05, 3.63) is 0 Å². The topological polar surface area (TPSA) is 70.1 Å². The molecule has 1 saturated heterocycles. The van der Waals surface area contributed by atoms with Crippen molar-refractivity contribution in [2.75, 3.05) is 39.8 Å². The molecule has 1 N–H and O–H groups in total. The Labute approximate surface area is 151 Å². The van der Waals surface area contributed by atoms with E-state index in [1.54, 1.807) is 11.9 Å². The van der Waals surface area contributed by atoms with Gasteiger partial charge in [-0.2, -0.15) is 0 Å². The molecule has 144 valence electrons. The average molecular weight is 354 g/mol. The van der Waals surface area contributed by atoms with E-state index in [0.717, 1.165) is 12.8 Å². The summed E-state index contributed by atoms with van der Waals surface area (Å²) in [7, 11) is 1.77. The van der Waals surface area contributed by atoms with Crippen LogP contribution in [0, 0.1) is 11.8 Å². The van der Waals surface area contributed by atoms with Gasteiger partial charge in [0.2, 0.25) is 5.91 Å². The first kappa shape index (κ1) is 20.2. The van der Waals surface area contributed by atoms with Gasteiger partial charge in [0, 0.05) is 25.6 Å². The Morgan fingerprint density at radius 1 is 1.28 bits per heavy atom. The summed E-state index contributed by atoms with van der Waals surface area (Å²) in [5.41, 5.74) is 0. The first-order valence-corrected chi connectivity index (χ1v) is 9.80. The van der Waals surface area contributed by atoms with Gasteiger partial charge in [0.15, 0.2) is 0 Å². The minimum Gasteiger partial charge on any atom is -0.480 e. The summed E-state index contributed by atoms with van der Waals surface area (Å²) in [5.74, 6) is 0.256. The molecular formula is C19H34N2O4. The Balaban J connectivity index is 1.84. The molecule has 1 saturated carbocycles. The zero-order chi connectivity index (χ0) is 18.2. The van der Waals surface area contributed by atoms with Crippen molar-refractivity contribution in [2.45, 2.75) is 58.0 Å². The number of aliphatic carboxylic acids is 1. The SMILES string of the molecule is CCC(CC1CCCCC1)C(=O)N1CCOC(CN(C)CC(=O)O)C1. The number of morpholine rings is 1. The molecule has 2 fully saturated rings. The van der Waals surface area contributed by atoms with E-state index in [2.05, 4.69) is 6.92 Å². The summed E-state index contributed by atoms with van der Waals surface area (Å²) >= 11 is 0. The second-order valence-corrected chi connectivity index (χ2v) is 7.71. The van der Waals surface area contributed by atoms with E-state index in [1.807, 2.05) is 4.90 Å². The lowest BCUT2D eigenvalue weighted by atomic mass is 9.81. The monoisotopic (exact) mass is 354 g/mol. The summed E-state index contributed by atoms with van der Waals surface area (Å²) in [6.07, 6.45) is 8.33. The largest absolute Gasteiger partial charge is 0.480 e. The zero-order valence-corrected chi connectivity index (χ0v) is 15.8. The molecule has 2 aliphatic rings. The highest BCUT2D eigenvalue weighted by Crippen LogP contribution is 2.31. The molecular weight excluding hydrogens is 320 g/mol. The zero-order valence-electron chi connectivity index (χ0n) is 15.8. The van der Waals surface area contributed by atoms with Crippen molar-refractivity contribution in [1.82, 2.24) is 9.80 Å². The number of hydrogen-bond acceptors (Lipinski definition) is 4. The van der Waals surface area contributed by atoms with Gasteiger partial charge in [-0.15, -0.1) is 0 Å². The summed E-state index contributed by atoms with van der Waals surface area (Å²) in [4.78, 5) is 27.4. The van der Waals surface area contributed by atoms with Gasteiger partial charge in [-0.1, -0.05) is 39.0 Å². The minimum absolute atomic E-state index is 0.00687. The third kappa shape index (κ3) is 6.59. The summed E-state index contributed by atoms with van der Waals surface area (Å²) in [6, 6.07) is 0. The number of carboxylic acids is 1. The lowest BCUT2D eigenvalue weighted by molar-refractivity contribution is -0.146. The molecule has 1 heterocycles. The van der Waals surface area contributed by atoms with Gasteiger partial charge in [0.05, 0.1) is 19.3 Å². The smallest absolute Gasteiger partial charge is 0.317 e. The predicted octanol–water partition coefficient (Wildman–Crippen LogP) is 2.23. The van der Waals surface area contributed by atoms with Gasteiger partial charge in [-0.05, 0) is 25.8 Å². The van der Waals surface area contributed by atoms with Crippen molar-refractivity contribution >= 4 is 11.9 Å². The van der Waals surface area contributed by atoms with Crippen LogP contribution in [0.3, 0.4) is 0 Å². The quantitative estimate of drug-likeness (QED) is 0.724. The molecule has 0 aromatic rings. The molecule has 2 unspecified atom stereocenters. The molecule has 2 atom stereocenters. The lowest BCUT2D eigenvalue weighted by Gasteiger charge is -2.37. The maximum absolute atomic E-state index is 13.0. The third-order valence-electron chi connectivity index (χ3n) is 5.56. The number of carbonyl (C=O) groups excluding carboxylic acids is 1. The highest BCUT2D eigenvalue weighted by atomic mass is 16.5. The molecule has 2 rings (SSSR count). The van der Waals surface area contributed by atoms with Crippen molar-refractivity contribution in [3.63, 3.8) is 0 Å². The van der Waals surface area contributed by atoms with Crippen molar-refractivity contribution in [1.29, 1.82) is 0 Å². The van der Waals surface area contributed by atoms with Crippen LogP contribution in [-0.2, 0) is 14.3 Å². The molecule has 0 spiro atoms. The summed E-state index contributed by atoms with van der Waals surface area (Å²) in [6.45, 7) is 4.41. The van der Waals surface area contributed by atoms with E-state index >= 15 is 0 Å². The normalized spacial score (nSPS) is 23.6. The molecule has 1 amide bonds. The molecule has 1 aliphatic carbocycles. The molecule has 25 heavy (non-hydrogen) atoms. The van der Waals surface area contributed by atoms with Gasteiger partial charge in [-0.3, -0.25) is 14.5 Å². The van der Waals surface area contributed by atoms with Crippen LogP contribution in [0.2, 0.25) is 0 Å². The second kappa shape index (κ2) is 10.1. The Kier molecular flexibility index (Phi) is 8.16. The van der Waals surface area contributed by atoms with Crippen LogP contribution >= 0.6 is 0 Å². The first-order valence-electron chi connectivity index (χ1n) is 9.80.